The summed E-state index contributed by atoms with van der Waals surface area (Å²) in [6, 6.07) is 8.63. The van der Waals surface area contributed by atoms with Crippen LogP contribution in [0.5, 0.6) is 0 Å². The molecule has 1 aromatic carbocycles. The van der Waals surface area contributed by atoms with Crippen molar-refractivity contribution in [2.24, 2.45) is 5.73 Å². The molecule has 5 heteroatoms. The Morgan fingerprint density at radius 1 is 1.29 bits per heavy atom. The van der Waals surface area contributed by atoms with E-state index in [1.807, 2.05) is 30.3 Å². The van der Waals surface area contributed by atoms with E-state index in [2.05, 4.69) is 0 Å². The minimum Gasteiger partial charge on any atom is -0.481 e. The highest BCUT2D eigenvalue weighted by molar-refractivity contribution is 5.83. The molecule has 0 radical (unpaired) electrons. The number of piperidine rings is 1. The van der Waals surface area contributed by atoms with Crippen LogP contribution in [0.25, 0.3) is 0 Å². The first-order valence-electron chi connectivity index (χ1n) is 7.42. The van der Waals surface area contributed by atoms with E-state index >= 15 is 0 Å². The average Bonchev–Trinajstić information content (AvgIpc) is 2.52. The molecule has 2 rings (SSSR count). The third kappa shape index (κ3) is 4.04. The Bertz CT molecular complexity index is 490. The Hall–Kier alpha value is -1.88. The van der Waals surface area contributed by atoms with E-state index in [0.29, 0.717) is 13.0 Å². The number of hydrogen-bond acceptors (Lipinski definition) is 3. The van der Waals surface area contributed by atoms with Crippen LogP contribution < -0.4 is 5.73 Å². The average molecular weight is 290 g/mol. The Morgan fingerprint density at radius 2 is 2.00 bits per heavy atom. The number of carboxylic acids is 1. The third-order valence-electron chi connectivity index (χ3n) is 4.03. The zero-order valence-electron chi connectivity index (χ0n) is 12.1. The molecule has 0 spiro atoms. The molecule has 1 aromatic rings. The lowest BCUT2D eigenvalue weighted by molar-refractivity contribution is -0.140. The third-order valence-corrected chi connectivity index (χ3v) is 4.03. The standard InChI is InChI=1S/C16H22N2O3/c17-15(12-6-2-1-3-7-12)16(21)18-11-5-4-8-13(18)9-10-14(19)20/h1-3,6-7,13,15H,4-5,8-11,17H2,(H,19,20)/t13?,15-/m0/s1. The summed E-state index contributed by atoms with van der Waals surface area (Å²) in [6.07, 6.45) is 3.45. The zero-order chi connectivity index (χ0) is 15.2. The van der Waals surface area contributed by atoms with Gasteiger partial charge in [0.05, 0.1) is 0 Å². The van der Waals surface area contributed by atoms with Crippen LogP contribution in [0.2, 0.25) is 0 Å². The minimum absolute atomic E-state index is 0.00267. The van der Waals surface area contributed by atoms with Gasteiger partial charge in [-0.25, -0.2) is 0 Å². The number of nitrogens with two attached hydrogens (primary N) is 1. The van der Waals surface area contributed by atoms with E-state index in [1.54, 1.807) is 4.90 Å². The number of amides is 1. The number of aliphatic carboxylic acids is 1. The lowest BCUT2D eigenvalue weighted by Crippen LogP contribution is -2.47. The van der Waals surface area contributed by atoms with Crippen LogP contribution in [0, 0.1) is 0 Å². The van der Waals surface area contributed by atoms with Gasteiger partial charge in [0.25, 0.3) is 0 Å². The van der Waals surface area contributed by atoms with Gasteiger partial charge in [-0.05, 0) is 31.2 Å². The van der Waals surface area contributed by atoms with Crippen LogP contribution in [0.15, 0.2) is 30.3 Å². The van der Waals surface area contributed by atoms with Gasteiger partial charge in [-0.3, -0.25) is 9.59 Å². The molecule has 0 bridgehead atoms. The summed E-state index contributed by atoms with van der Waals surface area (Å²) in [5.41, 5.74) is 6.88. The van der Waals surface area contributed by atoms with E-state index in [1.165, 1.54) is 0 Å². The molecule has 1 unspecified atom stereocenters. The summed E-state index contributed by atoms with van der Waals surface area (Å²) in [6.45, 7) is 0.670. The fourth-order valence-corrected chi connectivity index (χ4v) is 2.86. The van der Waals surface area contributed by atoms with E-state index in [0.717, 1.165) is 24.8 Å². The zero-order valence-corrected chi connectivity index (χ0v) is 12.1. The van der Waals surface area contributed by atoms with Gasteiger partial charge in [0.2, 0.25) is 5.91 Å². The number of likely N-dealkylation sites (tertiary alicyclic amines) is 1. The fourth-order valence-electron chi connectivity index (χ4n) is 2.86. The SMILES string of the molecule is N[C@H](C(=O)N1CCCCC1CCC(=O)O)c1ccccc1. The van der Waals surface area contributed by atoms with Crippen molar-refractivity contribution in [1.82, 2.24) is 4.90 Å². The number of nitrogens with zero attached hydrogens (tertiary/aromatic N) is 1. The molecule has 0 aliphatic carbocycles. The van der Waals surface area contributed by atoms with Gasteiger partial charge in [-0.15, -0.1) is 0 Å². The summed E-state index contributed by atoms with van der Waals surface area (Å²) in [5, 5.41) is 8.83. The monoisotopic (exact) mass is 290 g/mol. The molecule has 1 aliphatic heterocycles. The molecular weight excluding hydrogens is 268 g/mol. The molecule has 1 amide bonds. The molecule has 1 aliphatic rings. The second-order valence-electron chi connectivity index (χ2n) is 5.50. The smallest absolute Gasteiger partial charge is 0.303 e. The summed E-state index contributed by atoms with van der Waals surface area (Å²) >= 11 is 0. The summed E-state index contributed by atoms with van der Waals surface area (Å²) in [4.78, 5) is 25.1. The largest absolute Gasteiger partial charge is 0.481 e. The molecule has 2 atom stereocenters. The van der Waals surface area contributed by atoms with Crippen LogP contribution >= 0.6 is 0 Å². The molecule has 0 saturated carbocycles. The molecule has 5 nitrogen and oxygen atoms in total. The van der Waals surface area contributed by atoms with E-state index < -0.39 is 12.0 Å². The first-order chi connectivity index (χ1) is 10.1. The van der Waals surface area contributed by atoms with Gasteiger partial charge < -0.3 is 15.7 Å². The highest BCUT2D eigenvalue weighted by Gasteiger charge is 2.30. The molecule has 1 fully saturated rings. The highest BCUT2D eigenvalue weighted by Crippen LogP contribution is 2.24. The fraction of sp³-hybridized carbons (Fsp3) is 0.500. The van der Waals surface area contributed by atoms with Gasteiger partial charge in [0, 0.05) is 19.0 Å². The second kappa shape index (κ2) is 7.22. The maximum atomic E-state index is 12.6. The lowest BCUT2D eigenvalue weighted by atomic mass is 9.96. The van der Waals surface area contributed by atoms with E-state index in [9.17, 15) is 9.59 Å². The molecule has 0 aromatic heterocycles. The molecule has 21 heavy (non-hydrogen) atoms. The molecule has 1 saturated heterocycles. The molecular formula is C16H22N2O3. The summed E-state index contributed by atoms with van der Waals surface area (Å²) in [7, 11) is 0. The Balaban J connectivity index is 2.05. The quantitative estimate of drug-likeness (QED) is 0.868. The molecule has 3 N–H and O–H groups in total. The number of carbonyl (C=O) groups excluding carboxylic acids is 1. The number of hydrogen-bond donors (Lipinski definition) is 2. The lowest BCUT2D eigenvalue weighted by Gasteiger charge is -2.37. The molecule has 114 valence electrons. The topological polar surface area (TPSA) is 83.6 Å². The van der Waals surface area contributed by atoms with Gasteiger partial charge in [-0.1, -0.05) is 30.3 Å². The number of carboxylic acid groups (broad SMARTS) is 1. The maximum Gasteiger partial charge on any atom is 0.303 e. The second-order valence-corrected chi connectivity index (χ2v) is 5.50. The van der Waals surface area contributed by atoms with Crippen LogP contribution in [0.1, 0.15) is 43.7 Å². The predicted molar refractivity (Wildman–Crippen MR) is 79.6 cm³/mol. The number of benzene rings is 1. The Kier molecular flexibility index (Phi) is 5.33. The van der Waals surface area contributed by atoms with Crippen molar-refractivity contribution in [1.29, 1.82) is 0 Å². The summed E-state index contributed by atoms with van der Waals surface area (Å²) in [5.74, 6) is -0.920. The predicted octanol–water partition coefficient (Wildman–Crippen LogP) is 1.93. The highest BCUT2D eigenvalue weighted by atomic mass is 16.4. The van der Waals surface area contributed by atoms with Crippen molar-refractivity contribution < 1.29 is 14.7 Å². The van der Waals surface area contributed by atoms with Crippen molar-refractivity contribution in [3.63, 3.8) is 0 Å². The van der Waals surface area contributed by atoms with Gasteiger partial charge in [0.15, 0.2) is 0 Å². The normalized spacial score (nSPS) is 20.0. The molecule has 1 heterocycles. The van der Waals surface area contributed by atoms with Crippen molar-refractivity contribution in [2.75, 3.05) is 6.54 Å². The maximum absolute atomic E-state index is 12.6. The van der Waals surface area contributed by atoms with Gasteiger partial charge in [0.1, 0.15) is 6.04 Å². The Morgan fingerprint density at radius 3 is 2.67 bits per heavy atom. The first kappa shape index (κ1) is 15.5. The van der Waals surface area contributed by atoms with Gasteiger partial charge in [-0.2, -0.15) is 0 Å². The van der Waals surface area contributed by atoms with Crippen LogP contribution in [0.4, 0.5) is 0 Å². The van der Waals surface area contributed by atoms with E-state index in [-0.39, 0.29) is 18.4 Å². The number of rotatable bonds is 5. The van der Waals surface area contributed by atoms with Crippen molar-refractivity contribution in [3.8, 4) is 0 Å². The minimum atomic E-state index is -0.819. The van der Waals surface area contributed by atoms with Gasteiger partial charge >= 0.3 is 5.97 Å². The van der Waals surface area contributed by atoms with Crippen LogP contribution in [0.3, 0.4) is 0 Å². The van der Waals surface area contributed by atoms with Crippen LogP contribution in [-0.2, 0) is 9.59 Å². The number of carbonyl (C=O) groups is 2. The summed E-state index contributed by atoms with van der Waals surface area (Å²) < 4.78 is 0. The van der Waals surface area contributed by atoms with Crippen molar-refractivity contribution in [2.45, 2.75) is 44.2 Å². The van der Waals surface area contributed by atoms with E-state index in [4.69, 9.17) is 10.8 Å². The van der Waals surface area contributed by atoms with Crippen molar-refractivity contribution in [3.05, 3.63) is 35.9 Å². The first-order valence-corrected chi connectivity index (χ1v) is 7.42. The van der Waals surface area contributed by atoms with Crippen molar-refractivity contribution >= 4 is 11.9 Å². The van der Waals surface area contributed by atoms with Crippen LogP contribution in [-0.4, -0.2) is 34.5 Å². The Labute approximate surface area is 124 Å².